The number of hydrazone groups is 1. The molecule has 0 bridgehead atoms. The molecule has 1 aromatic heterocycles. The molecule has 0 spiro atoms. The minimum atomic E-state index is 0.502. The van der Waals surface area contributed by atoms with E-state index in [0.717, 1.165) is 30.9 Å². The van der Waals surface area contributed by atoms with Crippen LogP contribution in [0, 0.1) is 0 Å². The summed E-state index contributed by atoms with van der Waals surface area (Å²) < 4.78 is 5.87. The zero-order valence-corrected chi connectivity index (χ0v) is 15.2. The van der Waals surface area contributed by atoms with E-state index < -0.39 is 0 Å². The van der Waals surface area contributed by atoms with Gasteiger partial charge in [0, 0.05) is 11.9 Å². The van der Waals surface area contributed by atoms with E-state index in [1.54, 1.807) is 11.6 Å². The van der Waals surface area contributed by atoms with Crippen molar-refractivity contribution in [1.29, 1.82) is 0 Å². The van der Waals surface area contributed by atoms with E-state index in [1.165, 1.54) is 43.7 Å². The number of nitrogens with zero attached hydrogens (tertiary/aromatic N) is 3. The van der Waals surface area contributed by atoms with Crippen LogP contribution in [0.5, 0.6) is 5.75 Å². The van der Waals surface area contributed by atoms with Crippen molar-refractivity contribution in [2.45, 2.75) is 25.7 Å². The van der Waals surface area contributed by atoms with Gasteiger partial charge in [-0.25, -0.2) is 4.98 Å². The number of benzene rings is 1. The summed E-state index contributed by atoms with van der Waals surface area (Å²) in [5.41, 5.74) is 9.42. The number of nitrogens with two attached hydrogens (primary N) is 1. The number of piperidine rings is 1. The molecule has 0 saturated carbocycles. The summed E-state index contributed by atoms with van der Waals surface area (Å²) in [7, 11) is 0. The van der Waals surface area contributed by atoms with Gasteiger partial charge < -0.3 is 15.4 Å². The Kier molecular flexibility index (Phi) is 6.64. The number of likely N-dealkylation sites (tertiary alicyclic amines) is 1. The Morgan fingerprint density at radius 3 is 3.00 bits per heavy atom. The molecule has 134 valence electrons. The Morgan fingerprint density at radius 2 is 2.20 bits per heavy atom. The van der Waals surface area contributed by atoms with E-state index >= 15 is 0 Å². The van der Waals surface area contributed by atoms with Gasteiger partial charge in [0.05, 0.1) is 12.8 Å². The van der Waals surface area contributed by atoms with Gasteiger partial charge in [-0.3, -0.25) is 5.43 Å². The average molecular weight is 359 g/mol. The molecule has 1 saturated heterocycles. The van der Waals surface area contributed by atoms with Gasteiger partial charge in [0.15, 0.2) is 0 Å². The first-order valence-corrected chi connectivity index (χ1v) is 9.63. The number of hydrogen-bond acceptors (Lipinski definition) is 7. The van der Waals surface area contributed by atoms with E-state index in [0.29, 0.717) is 10.9 Å². The average Bonchev–Trinajstić information content (AvgIpc) is 3.05. The molecule has 0 radical (unpaired) electrons. The number of nitrogen functional groups attached to an aromatic ring is 1. The zero-order valence-electron chi connectivity index (χ0n) is 14.4. The molecular weight excluding hydrogens is 334 g/mol. The van der Waals surface area contributed by atoms with Crippen LogP contribution in [0.25, 0.3) is 0 Å². The number of rotatable bonds is 8. The van der Waals surface area contributed by atoms with Crippen LogP contribution in [0.4, 0.5) is 10.9 Å². The van der Waals surface area contributed by atoms with Crippen molar-refractivity contribution in [2.75, 3.05) is 37.4 Å². The van der Waals surface area contributed by atoms with Gasteiger partial charge in [0.1, 0.15) is 11.6 Å². The maximum absolute atomic E-state index is 5.87. The number of aromatic nitrogens is 1. The molecule has 2 heterocycles. The molecule has 1 aromatic carbocycles. The van der Waals surface area contributed by atoms with Crippen molar-refractivity contribution in [3.05, 3.63) is 35.2 Å². The molecule has 1 fully saturated rings. The number of anilines is 2. The SMILES string of the molecule is Nc1csc(NN=Cc2cccc(OCCCN3CCCCC3)c2)n1. The van der Waals surface area contributed by atoms with Crippen molar-refractivity contribution in [3.63, 3.8) is 0 Å². The summed E-state index contributed by atoms with van der Waals surface area (Å²) in [5, 5.41) is 6.63. The molecule has 7 heteroatoms. The van der Waals surface area contributed by atoms with Crippen LogP contribution in [0.3, 0.4) is 0 Å². The minimum Gasteiger partial charge on any atom is -0.494 e. The highest BCUT2D eigenvalue weighted by Crippen LogP contribution is 2.16. The second kappa shape index (κ2) is 9.39. The third-order valence-electron chi connectivity index (χ3n) is 4.09. The third kappa shape index (κ3) is 6.03. The topological polar surface area (TPSA) is 75.8 Å². The smallest absolute Gasteiger partial charge is 0.205 e. The predicted molar refractivity (Wildman–Crippen MR) is 105 cm³/mol. The molecule has 0 atom stereocenters. The van der Waals surface area contributed by atoms with Crippen molar-refractivity contribution in [1.82, 2.24) is 9.88 Å². The fourth-order valence-electron chi connectivity index (χ4n) is 2.85. The second-order valence-corrected chi connectivity index (χ2v) is 6.98. The van der Waals surface area contributed by atoms with Gasteiger partial charge in [-0.05, 0) is 50.0 Å². The highest BCUT2D eigenvalue weighted by Gasteiger charge is 2.09. The summed E-state index contributed by atoms with van der Waals surface area (Å²) in [6.07, 6.45) is 6.86. The van der Waals surface area contributed by atoms with Crippen LogP contribution in [-0.2, 0) is 0 Å². The fourth-order valence-corrected chi connectivity index (χ4v) is 3.39. The quantitative estimate of drug-likeness (QED) is 0.429. The van der Waals surface area contributed by atoms with Gasteiger partial charge >= 0.3 is 0 Å². The molecule has 0 unspecified atom stereocenters. The zero-order chi connectivity index (χ0) is 17.3. The summed E-state index contributed by atoms with van der Waals surface area (Å²) >= 11 is 1.42. The molecule has 1 aliphatic rings. The van der Waals surface area contributed by atoms with Crippen LogP contribution < -0.4 is 15.9 Å². The van der Waals surface area contributed by atoms with E-state index in [4.69, 9.17) is 10.5 Å². The van der Waals surface area contributed by atoms with Crippen molar-refractivity contribution >= 4 is 28.5 Å². The first-order valence-electron chi connectivity index (χ1n) is 8.75. The van der Waals surface area contributed by atoms with Crippen molar-refractivity contribution < 1.29 is 4.74 Å². The second-order valence-electron chi connectivity index (χ2n) is 6.12. The Hall–Kier alpha value is -2.12. The number of ether oxygens (including phenoxy) is 1. The third-order valence-corrected chi connectivity index (χ3v) is 4.86. The number of nitrogens with one attached hydrogen (secondary N) is 1. The standard InChI is InChI=1S/C18H25N5OS/c19-17-14-25-18(21-17)22-20-13-15-6-4-7-16(12-15)24-11-5-10-23-8-2-1-3-9-23/h4,6-7,12-14H,1-3,5,8-11,19H2,(H,21,22). The van der Waals surface area contributed by atoms with Gasteiger partial charge in [-0.1, -0.05) is 18.6 Å². The molecule has 1 aliphatic heterocycles. The lowest BCUT2D eigenvalue weighted by Gasteiger charge is -2.26. The Morgan fingerprint density at radius 1 is 1.32 bits per heavy atom. The maximum Gasteiger partial charge on any atom is 0.205 e. The Labute approximate surface area is 152 Å². The van der Waals surface area contributed by atoms with Crippen molar-refractivity contribution in [3.8, 4) is 5.75 Å². The van der Waals surface area contributed by atoms with E-state index in [2.05, 4.69) is 20.4 Å². The van der Waals surface area contributed by atoms with Gasteiger partial charge in [-0.15, -0.1) is 11.3 Å². The first-order chi connectivity index (χ1) is 12.3. The minimum absolute atomic E-state index is 0.502. The summed E-state index contributed by atoms with van der Waals surface area (Å²) in [6.45, 7) is 4.35. The summed E-state index contributed by atoms with van der Waals surface area (Å²) in [6, 6.07) is 7.93. The fraction of sp³-hybridized carbons (Fsp3) is 0.444. The summed E-state index contributed by atoms with van der Waals surface area (Å²) in [4.78, 5) is 6.63. The van der Waals surface area contributed by atoms with Crippen LogP contribution in [0.15, 0.2) is 34.7 Å². The van der Waals surface area contributed by atoms with Gasteiger partial charge in [0.25, 0.3) is 0 Å². The lowest BCUT2D eigenvalue weighted by molar-refractivity contribution is 0.205. The van der Waals surface area contributed by atoms with Crippen LogP contribution in [0.2, 0.25) is 0 Å². The Bertz CT molecular complexity index is 682. The maximum atomic E-state index is 5.87. The van der Waals surface area contributed by atoms with Crippen LogP contribution in [0.1, 0.15) is 31.2 Å². The monoisotopic (exact) mass is 359 g/mol. The lowest BCUT2D eigenvalue weighted by Crippen LogP contribution is -2.31. The summed E-state index contributed by atoms with van der Waals surface area (Å²) in [5.74, 6) is 1.38. The molecule has 3 N–H and O–H groups in total. The van der Waals surface area contributed by atoms with E-state index in [9.17, 15) is 0 Å². The van der Waals surface area contributed by atoms with Gasteiger partial charge in [0.2, 0.25) is 5.13 Å². The number of hydrogen-bond donors (Lipinski definition) is 2. The number of thiazole rings is 1. The van der Waals surface area contributed by atoms with E-state index in [1.807, 2.05) is 24.3 Å². The molecule has 6 nitrogen and oxygen atoms in total. The molecular formula is C18H25N5OS. The highest BCUT2D eigenvalue weighted by atomic mass is 32.1. The van der Waals surface area contributed by atoms with Gasteiger partial charge in [-0.2, -0.15) is 5.10 Å². The highest BCUT2D eigenvalue weighted by molar-refractivity contribution is 7.14. The normalized spacial score (nSPS) is 15.5. The molecule has 0 amide bonds. The molecule has 25 heavy (non-hydrogen) atoms. The lowest BCUT2D eigenvalue weighted by atomic mass is 10.1. The molecule has 2 aromatic rings. The molecule has 0 aliphatic carbocycles. The first kappa shape index (κ1) is 17.7. The predicted octanol–water partition coefficient (Wildman–Crippen LogP) is 3.43. The molecule has 3 rings (SSSR count). The van der Waals surface area contributed by atoms with Crippen LogP contribution in [-0.4, -0.2) is 42.3 Å². The van der Waals surface area contributed by atoms with Crippen molar-refractivity contribution in [2.24, 2.45) is 5.10 Å². The Balaban J connectivity index is 1.41. The largest absolute Gasteiger partial charge is 0.494 e. The van der Waals surface area contributed by atoms with Crippen LogP contribution >= 0.6 is 11.3 Å². The van der Waals surface area contributed by atoms with E-state index in [-0.39, 0.29) is 0 Å².